The van der Waals surface area contributed by atoms with Crippen molar-refractivity contribution in [1.29, 1.82) is 0 Å². The van der Waals surface area contributed by atoms with Crippen molar-refractivity contribution in [3.8, 4) is 5.75 Å². The highest BCUT2D eigenvalue weighted by Gasteiger charge is 2.39. The maximum Gasteiger partial charge on any atom is 0.278 e. The van der Waals surface area contributed by atoms with Gasteiger partial charge in [0.2, 0.25) is 0 Å². The number of imide groups is 1. The number of nitrogens with one attached hydrogen (secondary N) is 1. The van der Waals surface area contributed by atoms with Crippen LogP contribution in [0, 0.1) is 12.7 Å². The van der Waals surface area contributed by atoms with Crippen molar-refractivity contribution in [2.45, 2.75) is 20.4 Å². The number of anilines is 1. The number of nitrogens with zero attached hydrogens (tertiary/aromatic N) is 1. The molecule has 1 N–H and O–H groups in total. The number of carbonyl (C=O) groups excluding carboxylic acids is 2. The molecular weight excluding hydrogens is 407 g/mol. The van der Waals surface area contributed by atoms with Gasteiger partial charge in [0.25, 0.3) is 11.8 Å². The lowest BCUT2D eigenvalue weighted by Gasteiger charge is -2.16. The fourth-order valence-corrected chi connectivity index (χ4v) is 3.61. The highest BCUT2D eigenvalue weighted by molar-refractivity contribution is 6.36. The maximum atomic E-state index is 13.4. The summed E-state index contributed by atoms with van der Waals surface area (Å²) >= 11 is 0. The van der Waals surface area contributed by atoms with Crippen LogP contribution in [0.25, 0.3) is 5.57 Å². The van der Waals surface area contributed by atoms with Gasteiger partial charge in [-0.3, -0.25) is 14.5 Å². The zero-order valence-electron chi connectivity index (χ0n) is 17.9. The molecular formula is C26H23FN2O3. The van der Waals surface area contributed by atoms with Gasteiger partial charge < -0.3 is 10.1 Å². The molecule has 3 aromatic rings. The Bertz CT molecular complexity index is 1180. The van der Waals surface area contributed by atoms with Crippen molar-refractivity contribution in [1.82, 2.24) is 4.90 Å². The Kier molecular flexibility index (Phi) is 6.03. The zero-order valence-corrected chi connectivity index (χ0v) is 17.9. The first-order chi connectivity index (χ1) is 15.5. The minimum Gasteiger partial charge on any atom is -0.494 e. The quantitative estimate of drug-likeness (QED) is 0.541. The molecule has 1 aliphatic heterocycles. The highest BCUT2D eigenvalue weighted by Crippen LogP contribution is 2.33. The van der Waals surface area contributed by atoms with Crippen LogP contribution in [0.3, 0.4) is 0 Å². The highest BCUT2D eigenvalue weighted by atomic mass is 19.1. The van der Waals surface area contributed by atoms with Crippen molar-refractivity contribution in [2.24, 2.45) is 0 Å². The minimum atomic E-state index is -0.425. The molecule has 1 heterocycles. The SMILES string of the molecule is CCOc1ccc(C2=C(Nc3ccccc3C)C(=O)N(Cc3ccc(F)cc3)C2=O)cc1. The Hall–Kier alpha value is -3.93. The van der Waals surface area contributed by atoms with Crippen LogP contribution in [-0.2, 0) is 16.1 Å². The van der Waals surface area contributed by atoms with Gasteiger partial charge in [-0.15, -0.1) is 0 Å². The Labute approximate surface area is 186 Å². The number of hydrogen-bond acceptors (Lipinski definition) is 4. The molecule has 0 aromatic heterocycles. The van der Waals surface area contributed by atoms with Gasteiger partial charge in [0.05, 0.1) is 18.7 Å². The van der Waals surface area contributed by atoms with Crippen molar-refractivity contribution in [3.05, 3.63) is 101 Å². The van der Waals surface area contributed by atoms with Gasteiger partial charge >= 0.3 is 0 Å². The number of benzene rings is 3. The van der Waals surface area contributed by atoms with Crippen LogP contribution in [0.15, 0.2) is 78.5 Å². The Morgan fingerprint density at radius 2 is 1.59 bits per heavy atom. The van der Waals surface area contributed by atoms with Crippen LogP contribution in [0.2, 0.25) is 0 Å². The number of rotatable bonds is 7. The van der Waals surface area contributed by atoms with Gasteiger partial charge in [-0.1, -0.05) is 42.5 Å². The molecule has 162 valence electrons. The van der Waals surface area contributed by atoms with E-state index in [1.807, 2.05) is 38.1 Å². The first-order valence-electron chi connectivity index (χ1n) is 10.4. The fourth-order valence-electron chi connectivity index (χ4n) is 3.61. The van der Waals surface area contributed by atoms with Crippen molar-refractivity contribution < 1.29 is 18.7 Å². The zero-order chi connectivity index (χ0) is 22.7. The molecule has 0 fully saturated rings. The molecule has 0 saturated carbocycles. The lowest BCUT2D eigenvalue weighted by molar-refractivity contribution is -0.137. The van der Waals surface area contributed by atoms with Crippen molar-refractivity contribution in [3.63, 3.8) is 0 Å². The van der Waals surface area contributed by atoms with E-state index in [1.165, 1.54) is 17.0 Å². The third-order valence-electron chi connectivity index (χ3n) is 5.28. The molecule has 5 nitrogen and oxygen atoms in total. The van der Waals surface area contributed by atoms with E-state index in [4.69, 9.17) is 4.74 Å². The monoisotopic (exact) mass is 430 g/mol. The number of ether oxygens (including phenoxy) is 1. The maximum absolute atomic E-state index is 13.4. The van der Waals surface area contributed by atoms with E-state index in [9.17, 15) is 14.0 Å². The third kappa shape index (κ3) is 4.25. The second-order valence-electron chi connectivity index (χ2n) is 7.47. The normalized spacial score (nSPS) is 13.7. The van der Waals surface area contributed by atoms with Gasteiger partial charge in [0, 0.05) is 5.69 Å². The number of hydrogen-bond donors (Lipinski definition) is 1. The standard InChI is InChI=1S/C26H23FN2O3/c1-3-32-21-14-10-19(11-15-21)23-24(28-22-7-5-4-6-17(22)2)26(31)29(25(23)30)16-18-8-12-20(27)13-9-18/h4-15,28H,3,16H2,1-2H3. The van der Waals surface area contributed by atoms with E-state index in [-0.39, 0.29) is 18.1 Å². The first kappa shape index (κ1) is 21.3. The molecule has 0 saturated heterocycles. The van der Waals surface area contributed by atoms with E-state index in [0.29, 0.717) is 29.1 Å². The number of carbonyl (C=O) groups is 2. The summed E-state index contributed by atoms with van der Waals surface area (Å²) in [4.78, 5) is 27.9. The molecule has 3 aromatic carbocycles. The van der Waals surface area contributed by atoms with Crippen molar-refractivity contribution in [2.75, 3.05) is 11.9 Å². The van der Waals surface area contributed by atoms with Crippen LogP contribution < -0.4 is 10.1 Å². The Morgan fingerprint density at radius 1 is 0.906 bits per heavy atom. The van der Waals surface area contributed by atoms with Crippen LogP contribution in [0.4, 0.5) is 10.1 Å². The fraction of sp³-hybridized carbons (Fsp3) is 0.154. The third-order valence-corrected chi connectivity index (χ3v) is 5.28. The largest absolute Gasteiger partial charge is 0.494 e. The molecule has 0 unspecified atom stereocenters. The topological polar surface area (TPSA) is 58.6 Å². The number of amides is 2. The average Bonchev–Trinajstić information content (AvgIpc) is 3.02. The van der Waals surface area contributed by atoms with E-state index >= 15 is 0 Å². The summed E-state index contributed by atoms with van der Waals surface area (Å²) in [6.45, 7) is 4.41. The first-order valence-corrected chi connectivity index (χ1v) is 10.4. The number of para-hydroxylation sites is 1. The molecule has 0 bridgehead atoms. The van der Waals surface area contributed by atoms with Gasteiger partial charge in [-0.2, -0.15) is 0 Å². The smallest absolute Gasteiger partial charge is 0.278 e. The van der Waals surface area contributed by atoms with Gasteiger partial charge in [-0.25, -0.2) is 4.39 Å². The van der Waals surface area contributed by atoms with E-state index in [2.05, 4.69) is 5.32 Å². The summed E-state index contributed by atoms with van der Waals surface area (Å²) in [6, 6.07) is 20.4. The molecule has 2 amide bonds. The average molecular weight is 430 g/mol. The molecule has 0 aliphatic carbocycles. The van der Waals surface area contributed by atoms with Gasteiger partial charge in [0.1, 0.15) is 17.3 Å². The Morgan fingerprint density at radius 3 is 2.25 bits per heavy atom. The van der Waals surface area contributed by atoms with Crippen LogP contribution in [-0.4, -0.2) is 23.3 Å². The van der Waals surface area contributed by atoms with Gasteiger partial charge in [-0.05, 0) is 60.9 Å². The van der Waals surface area contributed by atoms with Crippen LogP contribution >= 0.6 is 0 Å². The molecule has 0 atom stereocenters. The van der Waals surface area contributed by atoms with Crippen LogP contribution in [0.5, 0.6) is 5.75 Å². The predicted octanol–water partition coefficient (Wildman–Crippen LogP) is 4.93. The lowest BCUT2D eigenvalue weighted by atomic mass is 10.0. The van der Waals surface area contributed by atoms with E-state index < -0.39 is 11.8 Å². The summed E-state index contributed by atoms with van der Waals surface area (Å²) < 4.78 is 18.8. The summed E-state index contributed by atoms with van der Waals surface area (Å²) in [5.41, 5.74) is 3.48. The van der Waals surface area contributed by atoms with Crippen LogP contribution in [0.1, 0.15) is 23.6 Å². The Balaban J connectivity index is 1.73. The van der Waals surface area contributed by atoms with Crippen molar-refractivity contribution >= 4 is 23.1 Å². The van der Waals surface area contributed by atoms with E-state index in [1.54, 1.807) is 36.4 Å². The molecule has 1 aliphatic rings. The second-order valence-corrected chi connectivity index (χ2v) is 7.47. The molecule has 4 rings (SSSR count). The number of halogens is 1. The lowest BCUT2D eigenvalue weighted by Crippen LogP contribution is -2.32. The summed E-state index contributed by atoms with van der Waals surface area (Å²) in [7, 11) is 0. The molecule has 6 heteroatoms. The van der Waals surface area contributed by atoms with Gasteiger partial charge in [0.15, 0.2) is 0 Å². The van der Waals surface area contributed by atoms with E-state index in [0.717, 1.165) is 11.3 Å². The molecule has 0 radical (unpaired) electrons. The summed E-state index contributed by atoms with van der Waals surface area (Å²) in [5, 5.41) is 3.18. The molecule has 32 heavy (non-hydrogen) atoms. The predicted molar refractivity (Wildman–Crippen MR) is 121 cm³/mol. The molecule has 0 spiro atoms. The second kappa shape index (κ2) is 9.06. The minimum absolute atomic E-state index is 0.0530. The number of aryl methyl sites for hydroxylation is 1. The summed E-state index contributed by atoms with van der Waals surface area (Å²) in [6.07, 6.45) is 0. The summed E-state index contributed by atoms with van der Waals surface area (Å²) in [5.74, 6) is -0.515.